The Morgan fingerprint density at radius 1 is 1.44 bits per heavy atom. The second kappa shape index (κ2) is 6.64. The molecule has 0 atom stereocenters. The second-order valence-electron chi connectivity index (χ2n) is 3.33. The zero-order valence-corrected chi connectivity index (χ0v) is 10.1. The average molecular weight is 272 g/mol. The van der Waals surface area contributed by atoms with Crippen LogP contribution in [0.3, 0.4) is 0 Å². The lowest BCUT2D eigenvalue weighted by molar-refractivity contribution is -0.133. The van der Waals surface area contributed by atoms with E-state index in [4.69, 9.17) is 10.8 Å². The fourth-order valence-electron chi connectivity index (χ4n) is 1.10. The van der Waals surface area contributed by atoms with Crippen LogP contribution in [-0.2, 0) is 20.9 Å². The van der Waals surface area contributed by atoms with Crippen LogP contribution in [-0.4, -0.2) is 44.2 Å². The van der Waals surface area contributed by atoms with Gasteiger partial charge in [-0.1, -0.05) is 0 Å². The smallest absolute Gasteiger partial charge is 0.313 e. The lowest BCUT2D eigenvalue weighted by atomic mass is 10.5. The van der Waals surface area contributed by atoms with Crippen molar-refractivity contribution in [3.8, 4) is 0 Å². The molecular weight excluding hydrogens is 260 g/mol. The zero-order chi connectivity index (χ0) is 13.5. The highest BCUT2D eigenvalue weighted by Gasteiger charge is 2.07. The van der Waals surface area contributed by atoms with Crippen LogP contribution >= 0.6 is 11.8 Å². The summed E-state index contributed by atoms with van der Waals surface area (Å²) in [6, 6.07) is 0. The standard InChI is InChI=1S/C9H12N4O4S/c10-7(14)3-13-2-6(1-11-13)12-8(15)4-18-5-9(16)17/h1-2H,3-5H2,(H2,10,14)(H,12,15)(H,16,17). The molecule has 0 unspecified atom stereocenters. The number of hydrogen-bond donors (Lipinski definition) is 3. The number of nitrogens with zero attached hydrogens (tertiary/aromatic N) is 2. The first-order valence-corrected chi connectivity index (χ1v) is 6.03. The minimum Gasteiger partial charge on any atom is -0.481 e. The first kappa shape index (κ1) is 14.0. The van der Waals surface area contributed by atoms with Crippen molar-refractivity contribution in [3.63, 3.8) is 0 Å². The molecule has 0 aliphatic carbocycles. The highest BCUT2D eigenvalue weighted by Crippen LogP contribution is 2.06. The SMILES string of the molecule is NC(=O)Cn1cc(NC(=O)CSCC(=O)O)cn1. The highest BCUT2D eigenvalue weighted by atomic mass is 32.2. The number of amides is 2. The highest BCUT2D eigenvalue weighted by molar-refractivity contribution is 8.00. The topological polar surface area (TPSA) is 127 Å². The predicted molar refractivity (Wildman–Crippen MR) is 65.0 cm³/mol. The summed E-state index contributed by atoms with van der Waals surface area (Å²) in [5.74, 6) is -1.93. The number of aromatic nitrogens is 2. The lowest BCUT2D eigenvalue weighted by Crippen LogP contribution is -2.19. The number of aliphatic carboxylic acids is 1. The van der Waals surface area contributed by atoms with Gasteiger partial charge >= 0.3 is 5.97 Å². The Labute approximate surface area is 107 Å². The Hall–Kier alpha value is -2.03. The maximum absolute atomic E-state index is 11.4. The Bertz CT molecular complexity index is 459. The number of carbonyl (C=O) groups excluding carboxylic acids is 2. The third-order valence-corrected chi connectivity index (χ3v) is 2.61. The molecule has 2 amide bonds. The Morgan fingerprint density at radius 2 is 2.17 bits per heavy atom. The minimum absolute atomic E-state index is 0.0350. The van der Waals surface area contributed by atoms with Crippen LogP contribution in [0.15, 0.2) is 12.4 Å². The zero-order valence-electron chi connectivity index (χ0n) is 9.33. The van der Waals surface area contributed by atoms with E-state index in [1.54, 1.807) is 0 Å². The van der Waals surface area contributed by atoms with Gasteiger partial charge in [-0.3, -0.25) is 19.1 Å². The maximum atomic E-state index is 11.4. The fraction of sp³-hybridized carbons (Fsp3) is 0.333. The number of nitrogens with one attached hydrogen (secondary N) is 1. The molecule has 18 heavy (non-hydrogen) atoms. The summed E-state index contributed by atoms with van der Waals surface area (Å²) >= 11 is 0.993. The van der Waals surface area contributed by atoms with Gasteiger partial charge in [0.05, 0.1) is 23.4 Å². The number of carboxylic acids is 1. The van der Waals surface area contributed by atoms with Gasteiger partial charge in [-0.15, -0.1) is 11.8 Å². The van der Waals surface area contributed by atoms with E-state index in [-0.39, 0.29) is 24.0 Å². The number of anilines is 1. The Kier molecular flexibility index (Phi) is 5.18. The van der Waals surface area contributed by atoms with Crippen LogP contribution in [0.4, 0.5) is 5.69 Å². The first-order valence-electron chi connectivity index (χ1n) is 4.87. The Balaban J connectivity index is 2.37. The number of hydrogen-bond acceptors (Lipinski definition) is 5. The summed E-state index contributed by atoms with van der Waals surface area (Å²) < 4.78 is 1.29. The van der Waals surface area contributed by atoms with Gasteiger partial charge in [-0.05, 0) is 0 Å². The van der Waals surface area contributed by atoms with Gasteiger partial charge in [0, 0.05) is 6.20 Å². The molecule has 4 N–H and O–H groups in total. The first-order chi connectivity index (χ1) is 8.47. The van der Waals surface area contributed by atoms with E-state index in [0.29, 0.717) is 5.69 Å². The van der Waals surface area contributed by atoms with Gasteiger partial charge in [0.2, 0.25) is 11.8 Å². The van der Waals surface area contributed by atoms with Crippen molar-refractivity contribution in [1.29, 1.82) is 0 Å². The summed E-state index contributed by atoms with van der Waals surface area (Å²) in [7, 11) is 0. The van der Waals surface area contributed by atoms with Gasteiger partial charge in [0.1, 0.15) is 6.54 Å². The van der Waals surface area contributed by atoms with Crippen LogP contribution in [0.2, 0.25) is 0 Å². The van der Waals surface area contributed by atoms with Gasteiger partial charge in [-0.25, -0.2) is 0 Å². The van der Waals surface area contributed by atoms with Gasteiger partial charge in [-0.2, -0.15) is 5.10 Å². The van der Waals surface area contributed by atoms with Crippen LogP contribution in [0.25, 0.3) is 0 Å². The number of carbonyl (C=O) groups is 3. The van der Waals surface area contributed by atoms with E-state index in [1.807, 2.05) is 0 Å². The molecule has 0 fully saturated rings. The minimum atomic E-state index is -0.970. The van der Waals surface area contributed by atoms with Crippen LogP contribution < -0.4 is 11.1 Å². The van der Waals surface area contributed by atoms with E-state index < -0.39 is 11.9 Å². The molecule has 0 spiro atoms. The molecule has 0 saturated carbocycles. The van der Waals surface area contributed by atoms with E-state index in [2.05, 4.69) is 10.4 Å². The van der Waals surface area contributed by atoms with Gasteiger partial charge in [0.25, 0.3) is 0 Å². The summed E-state index contributed by atoms with van der Waals surface area (Å²) in [5.41, 5.74) is 5.41. The third kappa shape index (κ3) is 5.34. The molecule has 1 heterocycles. The number of rotatable bonds is 7. The van der Waals surface area contributed by atoms with E-state index in [0.717, 1.165) is 11.8 Å². The van der Waals surface area contributed by atoms with Crippen LogP contribution in [0, 0.1) is 0 Å². The molecule has 98 valence electrons. The number of nitrogens with two attached hydrogens (primary N) is 1. The van der Waals surface area contributed by atoms with E-state index >= 15 is 0 Å². The van der Waals surface area contributed by atoms with Crippen molar-refractivity contribution < 1.29 is 19.5 Å². The molecule has 0 aliphatic heterocycles. The molecule has 8 nitrogen and oxygen atoms in total. The molecule has 1 aromatic heterocycles. The third-order valence-electron chi connectivity index (χ3n) is 1.69. The van der Waals surface area contributed by atoms with Gasteiger partial charge in [0.15, 0.2) is 0 Å². The van der Waals surface area contributed by atoms with Crippen LogP contribution in [0.1, 0.15) is 0 Å². The van der Waals surface area contributed by atoms with Gasteiger partial charge < -0.3 is 16.2 Å². The van der Waals surface area contributed by atoms with Crippen molar-refractivity contribution in [2.75, 3.05) is 16.8 Å². The molecule has 0 aliphatic rings. The molecule has 0 radical (unpaired) electrons. The molecule has 1 rings (SSSR count). The summed E-state index contributed by atoms with van der Waals surface area (Å²) in [4.78, 5) is 32.2. The van der Waals surface area contributed by atoms with Crippen molar-refractivity contribution in [2.45, 2.75) is 6.54 Å². The maximum Gasteiger partial charge on any atom is 0.313 e. The monoisotopic (exact) mass is 272 g/mol. The second-order valence-corrected chi connectivity index (χ2v) is 4.31. The largest absolute Gasteiger partial charge is 0.481 e. The molecule has 0 bridgehead atoms. The molecule has 9 heteroatoms. The number of carboxylic acid groups (broad SMARTS) is 1. The molecular formula is C9H12N4O4S. The van der Waals surface area contributed by atoms with Crippen LogP contribution in [0.5, 0.6) is 0 Å². The quantitative estimate of drug-likeness (QED) is 0.591. The molecule has 0 saturated heterocycles. The van der Waals surface area contributed by atoms with E-state index in [9.17, 15) is 14.4 Å². The normalized spacial score (nSPS) is 10.0. The number of thioether (sulfide) groups is 1. The Morgan fingerprint density at radius 3 is 2.78 bits per heavy atom. The summed E-state index contributed by atoms with van der Waals surface area (Å²) in [6.45, 7) is -0.0658. The lowest BCUT2D eigenvalue weighted by Gasteiger charge is -2.00. The van der Waals surface area contributed by atoms with Crippen molar-refractivity contribution in [2.24, 2.45) is 5.73 Å². The van der Waals surface area contributed by atoms with Crippen molar-refractivity contribution in [3.05, 3.63) is 12.4 Å². The molecule has 0 aromatic carbocycles. The van der Waals surface area contributed by atoms with Crippen molar-refractivity contribution in [1.82, 2.24) is 9.78 Å². The summed E-state index contributed by atoms with van der Waals surface area (Å²) in [5, 5.41) is 14.7. The van der Waals surface area contributed by atoms with E-state index in [1.165, 1.54) is 17.1 Å². The fourth-order valence-corrected chi connectivity index (χ4v) is 1.64. The number of primary amides is 1. The molecule has 1 aromatic rings. The summed E-state index contributed by atoms with van der Waals surface area (Å²) in [6.07, 6.45) is 2.84. The average Bonchev–Trinajstić information content (AvgIpc) is 2.63. The predicted octanol–water partition coefficient (Wildman–Crippen LogP) is -0.875. The van der Waals surface area contributed by atoms with Crippen molar-refractivity contribution >= 4 is 35.2 Å².